The summed E-state index contributed by atoms with van der Waals surface area (Å²) in [7, 11) is 0. The van der Waals surface area contributed by atoms with Crippen LogP contribution in [0.2, 0.25) is 0 Å². The van der Waals surface area contributed by atoms with E-state index in [2.05, 4.69) is 27.7 Å². The quantitative estimate of drug-likeness (QED) is 0.322. The summed E-state index contributed by atoms with van der Waals surface area (Å²) in [6, 6.07) is 6.09. The average molecular weight is 377 g/mol. The molecule has 0 fully saturated rings. The number of benzene rings is 1. The van der Waals surface area contributed by atoms with Crippen LogP contribution in [-0.2, 0) is 4.74 Å². The van der Waals surface area contributed by atoms with Crippen molar-refractivity contribution in [3.63, 3.8) is 0 Å². The zero-order valence-electron chi connectivity index (χ0n) is 17.4. The molecule has 1 aromatic rings. The van der Waals surface area contributed by atoms with Gasteiger partial charge in [-0.1, -0.05) is 59.4 Å². The highest BCUT2D eigenvalue weighted by Crippen LogP contribution is 2.25. The third-order valence-corrected chi connectivity index (χ3v) is 5.10. The van der Waals surface area contributed by atoms with Gasteiger partial charge in [0, 0.05) is 0 Å². The molecule has 1 aromatic carbocycles. The number of esters is 1. The molecule has 1 rings (SSSR count). The lowest BCUT2D eigenvalue weighted by molar-refractivity contribution is 0.00770. The van der Waals surface area contributed by atoms with Crippen molar-refractivity contribution < 1.29 is 19.4 Å². The SMILES string of the molecule is CCCCC(CC)C(CCCCC(C)C)OC(=O)c1cccc(C(=O)O)c1. The van der Waals surface area contributed by atoms with Gasteiger partial charge in [0.25, 0.3) is 0 Å². The summed E-state index contributed by atoms with van der Waals surface area (Å²) in [5, 5.41) is 9.13. The molecular formula is C23H36O4. The molecule has 0 aliphatic rings. The number of rotatable bonds is 13. The third-order valence-electron chi connectivity index (χ3n) is 5.10. The molecule has 2 atom stereocenters. The zero-order chi connectivity index (χ0) is 20.2. The summed E-state index contributed by atoms with van der Waals surface area (Å²) in [4.78, 5) is 23.8. The van der Waals surface area contributed by atoms with E-state index < -0.39 is 11.9 Å². The number of ether oxygens (including phenoxy) is 1. The standard InChI is InChI=1S/C23H36O4/c1-5-7-12-18(6-2)21(15-9-8-11-17(3)4)27-23(26)20-14-10-13-19(16-20)22(24)25/h10,13-14,16-18,21H,5-9,11-12,15H2,1-4H3,(H,24,25). The number of unbranched alkanes of at least 4 members (excludes halogenated alkanes) is 2. The molecular weight excluding hydrogens is 340 g/mol. The van der Waals surface area contributed by atoms with Crippen LogP contribution in [0.4, 0.5) is 0 Å². The monoisotopic (exact) mass is 376 g/mol. The molecule has 0 amide bonds. The first-order valence-corrected chi connectivity index (χ1v) is 10.4. The fourth-order valence-electron chi connectivity index (χ4n) is 3.39. The Labute approximate surface area is 164 Å². The highest BCUT2D eigenvalue weighted by molar-refractivity contribution is 5.94. The molecule has 4 nitrogen and oxygen atoms in total. The maximum Gasteiger partial charge on any atom is 0.338 e. The molecule has 0 radical (unpaired) electrons. The van der Waals surface area contributed by atoms with E-state index in [1.54, 1.807) is 12.1 Å². The van der Waals surface area contributed by atoms with Crippen molar-refractivity contribution in [3.05, 3.63) is 35.4 Å². The first-order chi connectivity index (χ1) is 12.9. The van der Waals surface area contributed by atoms with Crippen molar-refractivity contribution in [2.45, 2.75) is 85.2 Å². The van der Waals surface area contributed by atoms with Crippen LogP contribution in [0.3, 0.4) is 0 Å². The van der Waals surface area contributed by atoms with E-state index in [4.69, 9.17) is 9.84 Å². The number of carbonyl (C=O) groups is 2. The Bertz CT molecular complexity index is 579. The number of carboxylic acid groups (broad SMARTS) is 1. The number of carboxylic acids is 1. The van der Waals surface area contributed by atoms with E-state index >= 15 is 0 Å². The lowest BCUT2D eigenvalue weighted by Crippen LogP contribution is -2.27. The molecule has 27 heavy (non-hydrogen) atoms. The maximum absolute atomic E-state index is 12.6. The van der Waals surface area contributed by atoms with E-state index in [9.17, 15) is 9.59 Å². The molecule has 0 heterocycles. The molecule has 0 aliphatic heterocycles. The van der Waals surface area contributed by atoms with Gasteiger partial charge in [0.15, 0.2) is 0 Å². The Morgan fingerprint density at radius 1 is 1.00 bits per heavy atom. The summed E-state index contributed by atoms with van der Waals surface area (Å²) in [6.07, 6.45) is 8.46. The van der Waals surface area contributed by atoms with Crippen molar-refractivity contribution >= 4 is 11.9 Å². The summed E-state index contributed by atoms with van der Waals surface area (Å²) in [5.41, 5.74) is 0.420. The van der Waals surface area contributed by atoms with Crippen LogP contribution in [0, 0.1) is 11.8 Å². The van der Waals surface area contributed by atoms with Gasteiger partial charge in [0.2, 0.25) is 0 Å². The Hall–Kier alpha value is -1.84. The second-order valence-corrected chi connectivity index (χ2v) is 7.82. The topological polar surface area (TPSA) is 63.6 Å². The van der Waals surface area contributed by atoms with Crippen LogP contribution < -0.4 is 0 Å². The van der Waals surface area contributed by atoms with E-state index in [1.807, 2.05) is 0 Å². The summed E-state index contributed by atoms with van der Waals surface area (Å²) < 4.78 is 5.90. The van der Waals surface area contributed by atoms with E-state index in [0.717, 1.165) is 44.9 Å². The lowest BCUT2D eigenvalue weighted by Gasteiger charge is -2.26. The third kappa shape index (κ3) is 8.59. The Kier molecular flexibility index (Phi) is 10.8. The predicted octanol–water partition coefficient (Wildman–Crippen LogP) is 6.34. The van der Waals surface area contributed by atoms with Gasteiger partial charge >= 0.3 is 11.9 Å². The molecule has 4 heteroatoms. The van der Waals surface area contributed by atoms with Crippen molar-refractivity contribution in [3.8, 4) is 0 Å². The minimum atomic E-state index is -1.04. The summed E-state index contributed by atoms with van der Waals surface area (Å²) >= 11 is 0. The first-order valence-electron chi connectivity index (χ1n) is 10.4. The molecule has 0 saturated carbocycles. The first kappa shape index (κ1) is 23.2. The van der Waals surface area contributed by atoms with Crippen LogP contribution in [0.1, 0.15) is 99.8 Å². The fourth-order valence-corrected chi connectivity index (χ4v) is 3.39. The molecule has 2 unspecified atom stereocenters. The number of aromatic carboxylic acids is 1. The van der Waals surface area contributed by atoms with E-state index in [1.165, 1.54) is 18.6 Å². The molecule has 0 aliphatic carbocycles. The van der Waals surface area contributed by atoms with Gasteiger partial charge in [-0.3, -0.25) is 0 Å². The molecule has 0 bridgehead atoms. The van der Waals surface area contributed by atoms with Gasteiger partial charge in [-0.25, -0.2) is 9.59 Å². The van der Waals surface area contributed by atoms with Crippen LogP contribution in [0.15, 0.2) is 24.3 Å². The zero-order valence-corrected chi connectivity index (χ0v) is 17.4. The minimum absolute atomic E-state index is 0.102. The predicted molar refractivity (Wildman–Crippen MR) is 109 cm³/mol. The van der Waals surface area contributed by atoms with Crippen LogP contribution in [-0.4, -0.2) is 23.1 Å². The van der Waals surface area contributed by atoms with Crippen molar-refractivity contribution in [2.24, 2.45) is 11.8 Å². The van der Waals surface area contributed by atoms with Gasteiger partial charge in [-0.2, -0.15) is 0 Å². The smallest absolute Gasteiger partial charge is 0.338 e. The van der Waals surface area contributed by atoms with Gasteiger partial charge in [-0.05, 0) is 55.7 Å². The van der Waals surface area contributed by atoms with Gasteiger partial charge in [-0.15, -0.1) is 0 Å². The molecule has 0 saturated heterocycles. The maximum atomic E-state index is 12.6. The summed E-state index contributed by atoms with van der Waals surface area (Å²) in [5.74, 6) is -0.409. The Morgan fingerprint density at radius 2 is 1.67 bits per heavy atom. The van der Waals surface area contributed by atoms with Crippen molar-refractivity contribution in [1.82, 2.24) is 0 Å². The number of hydrogen-bond donors (Lipinski definition) is 1. The van der Waals surface area contributed by atoms with Crippen LogP contribution in [0.25, 0.3) is 0 Å². The molecule has 152 valence electrons. The second-order valence-electron chi connectivity index (χ2n) is 7.82. The lowest BCUT2D eigenvalue weighted by atomic mass is 9.89. The molecule has 1 N–H and O–H groups in total. The van der Waals surface area contributed by atoms with Crippen LogP contribution in [0.5, 0.6) is 0 Å². The van der Waals surface area contributed by atoms with E-state index in [-0.39, 0.29) is 11.7 Å². The molecule has 0 aromatic heterocycles. The van der Waals surface area contributed by atoms with Gasteiger partial charge in [0.05, 0.1) is 11.1 Å². The second kappa shape index (κ2) is 12.5. The van der Waals surface area contributed by atoms with Crippen molar-refractivity contribution in [1.29, 1.82) is 0 Å². The van der Waals surface area contributed by atoms with Gasteiger partial charge < -0.3 is 9.84 Å². The summed E-state index contributed by atoms with van der Waals surface area (Å²) in [6.45, 7) is 8.78. The highest BCUT2D eigenvalue weighted by Gasteiger charge is 2.24. The van der Waals surface area contributed by atoms with Gasteiger partial charge in [0.1, 0.15) is 6.10 Å². The average Bonchev–Trinajstić information content (AvgIpc) is 2.65. The van der Waals surface area contributed by atoms with Crippen molar-refractivity contribution in [2.75, 3.05) is 0 Å². The molecule has 0 spiro atoms. The Balaban J connectivity index is 2.82. The highest BCUT2D eigenvalue weighted by atomic mass is 16.5. The number of carbonyl (C=O) groups excluding carboxylic acids is 1. The van der Waals surface area contributed by atoms with Crippen LogP contribution >= 0.6 is 0 Å². The Morgan fingerprint density at radius 3 is 2.26 bits per heavy atom. The van der Waals surface area contributed by atoms with E-state index in [0.29, 0.717) is 17.4 Å². The normalized spacial score (nSPS) is 13.4. The largest absolute Gasteiger partial charge is 0.478 e. The number of hydrogen-bond acceptors (Lipinski definition) is 3. The minimum Gasteiger partial charge on any atom is -0.478 e. The fraction of sp³-hybridized carbons (Fsp3) is 0.652.